The lowest BCUT2D eigenvalue weighted by molar-refractivity contribution is 0.0864. The Bertz CT molecular complexity index is 226. The molecule has 3 rings (SSSR count). The van der Waals surface area contributed by atoms with Crippen LogP contribution in [-0.4, -0.2) is 25.2 Å². The molecule has 0 bridgehead atoms. The second-order valence-electron chi connectivity index (χ2n) is 4.45. The number of fused-ring (bicyclic) bond motifs is 3. The fourth-order valence-electron chi connectivity index (χ4n) is 2.96. The average molecular weight is 179 g/mol. The predicted molar refractivity (Wildman–Crippen MR) is 52.1 cm³/mol. The van der Waals surface area contributed by atoms with Gasteiger partial charge in [-0.3, -0.25) is 0 Å². The topological polar surface area (TPSA) is 36.1 Å². The van der Waals surface area contributed by atoms with Gasteiger partial charge in [-0.2, -0.15) is 0 Å². The Morgan fingerprint density at radius 2 is 2.08 bits per heavy atom. The van der Waals surface area contributed by atoms with Crippen LogP contribution in [0.3, 0.4) is 0 Å². The summed E-state index contributed by atoms with van der Waals surface area (Å²) >= 11 is 0. The maximum atomic E-state index is 3.53. The van der Waals surface area contributed by atoms with Crippen LogP contribution in [0.4, 0.5) is 0 Å². The molecule has 3 nitrogen and oxygen atoms in total. The minimum Gasteiger partial charge on any atom is -0.389 e. The van der Waals surface area contributed by atoms with Gasteiger partial charge in [-0.25, -0.2) is 0 Å². The largest absolute Gasteiger partial charge is 0.389 e. The highest BCUT2D eigenvalue weighted by Crippen LogP contribution is 2.34. The summed E-state index contributed by atoms with van der Waals surface area (Å²) in [5.41, 5.74) is 0. The first-order chi connectivity index (χ1) is 6.45. The van der Waals surface area contributed by atoms with Crippen LogP contribution in [0.1, 0.15) is 12.8 Å². The maximum absolute atomic E-state index is 3.53. The smallest absolute Gasteiger partial charge is 0.0356 e. The summed E-state index contributed by atoms with van der Waals surface area (Å²) < 4.78 is 0. The van der Waals surface area contributed by atoms with Crippen molar-refractivity contribution in [2.45, 2.75) is 24.9 Å². The second kappa shape index (κ2) is 2.91. The van der Waals surface area contributed by atoms with Gasteiger partial charge in [-0.15, -0.1) is 0 Å². The third-order valence-electron chi connectivity index (χ3n) is 3.82. The lowest BCUT2D eigenvalue weighted by atomic mass is 9.70. The van der Waals surface area contributed by atoms with E-state index in [9.17, 15) is 0 Å². The molecule has 0 amide bonds. The van der Waals surface area contributed by atoms with Crippen LogP contribution in [0.25, 0.3) is 0 Å². The Kier molecular flexibility index (Phi) is 1.72. The van der Waals surface area contributed by atoms with Gasteiger partial charge in [0.1, 0.15) is 0 Å². The first-order valence-corrected chi connectivity index (χ1v) is 5.33. The molecule has 0 spiro atoms. The van der Waals surface area contributed by atoms with Gasteiger partial charge in [0, 0.05) is 43.5 Å². The zero-order chi connectivity index (χ0) is 8.67. The monoisotopic (exact) mass is 179 g/mol. The molecule has 2 fully saturated rings. The zero-order valence-electron chi connectivity index (χ0n) is 7.79. The van der Waals surface area contributed by atoms with E-state index >= 15 is 0 Å². The first-order valence-electron chi connectivity index (χ1n) is 5.33. The number of hydrogen-bond acceptors (Lipinski definition) is 3. The Hall–Kier alpha value is -0.700. The van der Waals surface area contributed by atoms with E-state index in [2.05, 4.69) is 22.2 Å². The fraction of sp³-hybridized carbons (Fsp3) is 0.800. The maximum Gasteiger partial charge on any atom is 0.0356 e. The Balaban J connectivity index is 1.77. The summed E-state index contributed by atoms with van der Waals surface area (Å²) in [4.78, 5) is 0. The van der Waals surface area contributed by atoms with Crippen molar-refractivity contribution >= 4 is 0 Å². The molecule has 1 saturated heterocycles. The van der Waals surface area contributed by atoms with E-state index in [1.54, 1.807) is 0 Å². The van der Waals surface area contributed by atoms with E-state index in [0.29, 0.717) is 6.04 Å². The van der Waals surface area contributed by atoms with Crippen LogP contribution < -0.4 is 16.0 Å². The van der Waals surface area contributed by atoms with Crippen molar-refractivity contribution in [3.05, 3.63) is 12.4 Å². The average Bonchev–Trinajstić information content (AvgIpc) is 2.29. The van der Waals surface area contributed by atoms with Gasteiger partial charge in [-0.05, 0) is 18.8 Å². The molecule has 2 aliphatic heterocycles. The normalized spacial score (nSPS) is 47.4. The van der Waals surface area contributed by atoms with Crippen molar-refractivity contribution in [3.63, 3.8) is 0 Å². The van der Waals surface area contributed by atoms with E-state index in [-0.39, 0.29) is 0 Å². The SMILES string of the molecule is C1=CNC2C(CCC3NCC32)CN1. The fourth-order valence-corrected chi connectivity index (χ4v) is 2.96. The molecule has 3 heteroatoms. The second-order valence-corrected chi connectivity index (χ2v) is 4.45. The molecule has 0 radical (unpaired) electrons. The van der Waals surface area contributed by atoms with Crippen LogP contribution in [0.5, 0.6) is 0 Å². The quantitative estimate of drug-likeness (QED) is 0.490. The molecular weight excluding hydrogens is 162 g/mol. The van der Waals surface area contributed by atoms with E-state index < -0.39 is 0 Å². The summed E-state index contributed by atoms with van der Waals surface area (Å²) in [6.07, 6.45) is 6.85. The van der Waals surface area contributed by atoms with Crippen LogP contribution in [0.15, 0.2) is 12.4 Å². The highest BCUT2D eigenvalue weighted by Gasteiger charge is 2.43. The molecule has 3 N–H and O–H groups in total. The van der Waals surface area contributed by atoms with Gasteiger partial charge in [0.15, 0.2) is 0 Å². The minimum absolute atomic E-state index is 0.714. The van der Waals surface area contributed by atoms with E-state index in [0.717, 1.165) is 24.4 Å². The third kappa shape index (κ3) is 1.14. The highest BCUT2D eigenvalue weighted by atomic mass is 15.1. The lowest BCUT2D eigenvalue weighted by Crippen LogP contribution is -2.65. The van der Waals surface area contributed by atoms with E-state index in [4.69, 9.17) is 0 Å². The molecule has 4 atom stereocenters. The molecule has 1 saturated carbocycles. The summed E-state index contributed by atoms with van der Waals surface area (Å²) in [5, 5.41) is 10.4. The van der Waals surface area contributed by atoms with Crippen LogP contribution >= 0.6 is 0 Å². The van der Waals surface area contributed by atoms with Crippen LogP contribution in [-0.2, 0) is 0 Å². The van der Waals surface area contributed by atoms with E-state index in [1.165, 1.54) is 19.4 Å². The summed E-state index contributed by atoms with van der Waals surface area (Å²) in [7, 11) is 0. The van der Waals surface area contributed by atoms with Gasteiger partial charge >= 0.3 is 0 Å². The predicted octanol–water partition coefficient (Wildman–Crippen LogP) is 0.0170. The van der Waals surface area contributed by atoms with E-state index in [1.807, 2.05) is 6.20 Å². The van der Waals surface area contributed by atoms with Crippen molar-refractivity contribution in [1.82, 2.24) is 16.0 Å². The summed E-state index contributed by atoms with van der Waals surface area (Å²) in [5.74, 6) is 1.71. The number of hydrogen-bond donors (Lipinski definition) is 3. The van der Waals surface area contributed by atoms with Gasteiger partial charge in [-0.1, -0.05) is 0 Å². The van der Waals surface area contributed by atoms with Gasteiger partial charge in [0.25, 0.3) is 0 Å². The standard InChI is InChI=1S/C10H17N3/c1-2-9-8(6-13-9)10-7(1)5-11-3-4-12-10/h3-4,7-13H,1-2,5-6H2. The summed E-state index contributed by atoms with van der Waals surface area (Å²) in [6.45, 7) is 2.37. The van der Waals surface area contributed by atoms with Crippen molar-refractivity contribution in [2.24, 2.45) is 11.8 Å². The van der Waals surface area contributed by atoms with Crippen molar-refractivity contribution in [3.8, 4) is 0 Å². The minimum atomic E-state index is 0.714. The molecule has 72 valence electrons. The Labute approximate surface area is 79.0 Å². The molecule has 0 aromatic rings. The lowest BCUT2D eigenvalue weighted by Gasteiger charge is -2.50. The molecule has 3 aliphatic rings. The van der Waals surface area contributed by atoms with Crippen LogP contribution in [0, 0.1) is 11.8 Å². The molecule has 0 aromatic heterocycles. The number of nitrogens with one attached hydrogen (secondary N) is 3. The molecule has 1 aliphatic carbocycles. The molecule has 0 aromatic carbocycles. The molecule has 2 heterocycles. The Morgan fingerprint density at radius 3 is 2.92 bits per heavy atom. The van der Waals surface area contributed by atoms with Crippen molar-refractivity contribution in [2.75, 3.05) is 13.1 Å². The Morgan fingerprint density at radius 1 is 1.08 bits per heavy atom. The third-order valence-corrected chi connectivity index (χ3v) is 3.82. The summed E-state index contributed by atoms with van der Waals surface area (Å²) in [6, 6.07) is 1.52. The van der Waals surface area contributed by atoms with Crippen molar-refractivity contribution in [1.29, 1.82) is 0 Å². The van der Waals surface area contributed by atoms with Crippen molar-refractivity contribution < 1.29 is 0 Å². The van der Waals surface area contributed by atoms with Gasteiger partial charge < -0.3 is 16.0 Å². The molecule has 13 heavy (non-hydrogen) atoms. The molecular formula is C10H17N3. The van der Waals surface area contributed by atoms with Crippen LogP contribution in [0.2, 0.25) is 0 Å². The zero-order valence-corrected chi connectivity index (χ0v) is 7.79. The number of rotatable bonds is 0. The molecule has 4 unspecified atom stereocenters. The first kappa shape index (κ1) is 7.68. The van der Waals surface area contributed by atoms with Gasteiger partial charge in [0.05, 0.1) is 0 Å². The highest BCUT2D eigenvalue weighted by molar-refractivity contribution is 5.05. The van der Waals surface area contributed by atoms with Gasteiger partial charge in [0.2, 0.25) is 0 Å².